The zero-order valence-electron chi connectivity index (χ0n) is 14.9. The average Bonchev–Trinajstić information content (AvgIpc) is 2.70. The molecule has 0 saturated heterocycles. The number of amides is 3. The summed E-state index contributed by atoms with van der Waals surface area (Å²) >= 11 is 5.86. The molecule has 28 heavy (non-hydrogen) atoms. The Morgan fingerprint density at radius 3 is 2.11 bits per heavy atom. The Labute approximate surface area is 166 Å². The molecule has 0 aromatic heterocycles. The van der Waals surface area contributed by atoms with Crippen LogP contribution in [0.25, 0.3) is 10.8 Å². The van der Waals surface area contributed by atoms with Gasteiger partial charge in [-0.05, 0) is 41.6 Å². The van der Waals surface area contributed by atoms with Crippen molar-refractivity contribution in [2.45, 2.75) is 6.42 Å². The van der Waals surface area contributed by atoms with Crippen molar-refractivity contribution in [2.24, 2.45) is 0 Å². The Bertz CT molecular complexity index is 1040. The third-order valence-electron chi connectivity index (χ3n) is 4.81. The normalized spacial score (nSPS) is 13.1. The molecule has 0 unspecified atom stereocenters. The van der Waals surface area contributed by atoms with Crippen LogP contribution in [0.5, 0.6) is 0 Å². The maximum absolute atomic E-state index is 12.8. The molecule has 140 valence electrons. The van der Waals surface area contributed by atoms with E-state index in [1.54, 1.807) is 36.4 Å². The Hall–Kier alpha value is -3.18. The van der Waals surface area contributed by atoms with Crippen molar-refractivity contribution in [3.63, 3.8) is 0 Å². The van der Waals surface area contributed by atoms with Crippen LogP contribution in [0, 0.1) is 0 Å². The fraction of sp³-hybridized carbons (Fsp3) is 0.136. The maximum Gasteiger partial charge on any atom is 0.261 e. The van der Waals surface area contributed by atoms with Crippen molar-refractivity contribution in [1.82, 2.24) is 10.2 Å². The first kappa shape index (κ1) is 18.2. The van der Waals surface area contributed by atoms with E-state index in [9.17, 15) is 14.4 Å². The predicted molar refractivity (Wildman–Crippen MR) is 107 cm³/mol. The molecule has 0 atom stereocenters. The molecule has 0 bridgehead atoms. The number of halogens is 1. The first-order valence-electron chi connectivity index (χ1n) is 8.93. The molecule has 1 N–H and O–H groups in total. The lowest BCUT2D eigenvalue weighted by atomic mass is 9.94. The number of carbonyl (C=O) groups is 3. The smallest absolute Gasteiger partial charge is 0.261 e. The lowest BCUT2D eigenvalue weighted by Crippen LogP contribution is -2.46. The highest BCUT2D eigenvalue weighted by Gasteiger charge is 2.33. The maximum atomic E-state index is 12.8. The second-order valence-corrected chi connectivity index (χ2v) is 7.07. The molecule has 0 radical (unpaired) electrons. The van der Waals surface area contributed by atoms with Crippen molar-refractivity contribution in [3.8, 4) is 0 Å². The van der Waals surface area contributed by atoms with E-state index in [1.165, 1.54) is 0 Å². The Morgan fingerprint density at radius 2 is 1.50 bits per heavy atom. The van der Waals surface area contributed by atoms with Crippen molar-refractivity contribution < 1.29 is 14.4 Å². The van der Waals surface area contributed by atoms with E-state index in [1.807, 2.05) is 24.3 Å². The quantitative estimate of drug-likeness (QED) is 0.676. The van der Waals surface area contributed by atoms with Gasteiger partial charge in [0.2, 0.25) is 5.91 Å². The molecule has 1 aliphatic heterocycles. The summed E-state index contributed by atoms with van der Waals surface area (Å²) in [5.74, 6) is -1.26. The lowest BCUT2D eigenvalue weighted by Gasteiger charge is -2.26. The third-order valence-corrected chi connectivity index (χ3v) is 5.06. The van der Waals surface area contributed by atoms with Crippen LogP contribution in [0.1, 0.15) is 26.3 Å². The van der Waals surface area contributed by atoms with Crippen LogP contribution in [0.3, 0.4) is 0 Å². The SMILES string of the molecule is O=C(CN1C(=O)c2cccc3cccc(c23)C1=O)NCCc1ccc(Cl)cc1. The molecule has 0 fully saturated rings. The molecule has 0 saturated carbocycles. The highest BCUT2D eigenvalue weighted by molar-refractivity contribution is 6.30. The third kappa shape index (κ3) is 3.37. The number of nitrogens with one attached hydrogen (secondary N) is 1. The first-order valence-corrected chi connectivity index (χ1v) is 9.31. The number of hydrogen-bond acceptors (Lipinski definition) is 3. The molecule has 1 heterocycles. The second-order valence-electron chi connectivity index (χ2n) is 6.63. The molecule has 0 aliphatic carbocycles. The molecule has 4 rings (SSSR count). The number of rotatable bonds is 5. The van der Waals surface area contributed by atoms with Crippen molar-refractivity contribution in [3.05, 3.63) is 82.4 Å². The van der Waals surface area contributed by atoms with Gasteiger partial charge in [0.1, 0.15) is 6.54 Å². The zero-order chi connectivity index (χ0) is 19.7. The van der Waals surface area contributed by atoms with Gasteiger partial charge < -0.3 is 5.32 Å². The summed E-state index contributed by atoms with van der Waals surface area (Å²) in [6, 6.07) is 18.0. The molecule has 6 heteroatoms. The highest BCUT2D eigenvalue weighted by Crippen LogP contribution is 2.29. The highest BCUT2D eigenvalue weighted by atomic mass is 35.5. The average molecular weight is 393 g/mol. The summed E-state index contributed by atoms with van der Waals surface area (Å²) < 4.78 is 0. The molecule has 5 nitrogen and oxygen atoms in total. The molecular formula is C22H17ClN2O3. The monoisotopic (exact) mass is 392 g/mol. The second kappa shape index (κ2) is 7.44. The molecule has 3 amide bonds. The van der Waals surface area contributed by atoms with Gasteiger partial charge in [-0.1, -0.05) is 48.0 Å². The minimum atomic E-state index is -0.442. The van der Waals surface area contributed by atoms with Crippen LogP contribution < -0.4 is 5.32 Å². The van der Waals surface area contributed by atoms with E-state index in [-0.39, 0.29) is 12.5 Å². The largest absolute Gasteiger partial charge is 0.354 e. The molecular weight excluding hydrogens is 376 g/mol. The predicted octanol–water partition coefficient (Wildman–Crippen LogP) is 3.45. The van der Waals surface area contributed by atoms with Gasteiger partial charge in [0.15, 0.2) is 0 Å². The summed E-state index contributed by atoms with van der Waals surface area (Å²) in [5.41, 5.74) is 1.93. The van der Waals surface area contributed by atoms with Gasteiger partial charge in [-0.15, -0.1) is 0 Å². The number of nitrogens with zero attached hydrogens (tertiary/aromatic N) is 1. The zero-order valence-corrected chi connectivity index (χ0v) is 15.7. The first-order chi connectivity index (χ1) is 13.5. The van der Waals surface area contributed by atoms with Crippen LogP contribution in [0.4, 0.5) is 0 Å². The number of hydrogen-bond donors (Lipinski definition) is 1. The van der Waals surface area contributed by atoms with Crippen LogP contribution in [-0.4, -0.2) is 35.7 Å². The summed E-state index contributed by atoms with van der Waals surface area (Å²) in [7, 11) is 0. The summed E-state index contributed by atoms with van der Waals surface area (Å²) in [5, 5.41) is 4.91. The van der Waals surface area contributed by atoms with Crippen molar-refractivity contribution >= 4 is 40.1 Å². The molecule has 3 aromatic rings. The topological polar surface area (TPSA) is 66.5 Å². The van der Waals surface area contributed by atoms with Gasteiger partial charge in [0, 0.05) is 28.1 Å². The van der Waals surface area contributed by atoms with Gasteiger partial charge in [0.05, 0.1) is 0 Å². The molecule has 0 spiro atoms. The van der Waals surface area contributed by atoms with Gasteiger partial charge in [-0.2, -0.15) is 0 Å². The standard InChI is InChI=1S/C22H17ClN2O3/c23-16-9-7-14(8-10-16)11-12-24-19(26)13-25-21(27)17-5-1-3-15-4-2-6-18(20(15)17)22(25)28/h1-10H,11-13H2,(H,24,26). The Morgan fingerprint density at radius 1 is 0.893 bits per heavy atom. The van der Waals surface area contributed by atoms with E-state index >= 15 is 0 Å². The Kier molecular flexibility index (Phi) is 4.84. The molecule has 3 aromatic carbocycles. The van der Waals surface area contributed by atoms with Crippen molar-refractivity contribution in [1.29, 1.82) is 0 Å². The minimum absolute atomic E-state index is 0.303. The van der Waals surface area contributed by atoms with Crippen LogP contribution in [0.2, 0.25) is 5.02 Å². The van der Waals surface area contributed by atoms with E-state index in [0.717, 1.165) is 15.8 Å². The van der Waals surface area contributed by atoms with E-state index in [2.05, 4.69) is 5.32 Å². The Balaban J connectivity index is 1.45. The minimum Gasteiger partial charge on any atom is -0.354 e. The van der Waals surface area contributed by atoms with Crippen LogP contribution in [0.15, 0.2) is 60.7 Å². The van der Waals surface area contributed by atoms with Crippen molar-refractivity contribution in [2.75, 3.05) is 13.1 Å². The number of imide groups is 1. The van der Waals surface area contributed by atoms with E-state index in [0.29, 0.717) is 34.5 Å². The lowest BCUT2D eigenvalue weighted by molar-refractivity contribution is -0.121. The fourth-order valence-electron chi connectivity index (χ4n) is 3.42. The number of carbonyl (C=O) groups excluding carboxylic acids is 3. The van der Waals surface area contributed by atoms with Gasteiger partial charge in [-0.3, -0.25) is 19.3 Å². The molecule has 1 aliphatic rings. The summed E-state index contributed by atoms with van der Waals surface area (Å²) in [6.45, 7) is 0.103. The van der Waals surface area contributed by atoms with Crippen LogP contribution >= 0.6 is 11.6 Å². The van der Waals surface area contributed by atoms with Gasteiger partial charge in [-0.25, -0.2) is 0 Å². The summed E-state index contributed by atoms with van der Waals surface area (Å²) in [6.07, 6.45) is 0.632. The van der Waals surface area contributed by atoms with E-state index < -0.39 is 11.8 Å². The van der Waals surface area contributed by atoms with Gasteiger partial charge in [0.25, 0.3) is 11.8 Å². The fourth-order valence-corrected chi connectivity index (χ4v) is 3.55. The summed E-state index contributed by atoms with van der Waals surface area (Å²) in [4.78, 5) is 38.9. The van der Waals surface area contributed by atoms with Gasteiger partial charge >= 0.3 is 0 Å². The van der Waals surface area contributed by atoms with E-state index in [4.69, 9.17) is 11.6 Å². The van der Waals surface area contributed by atoms with Crippen LogP contribution in [-0.2, 0) is 11.2 Å². The number of benzene rings is 3.